The van der Waals surface area contributed by atoms with E-state index in [9.17, 15) is 9.59 Å². The molecule has 0 aromatic heterocycles. The van der Waals surface area contributed by atoms with Gasteiger partial charge in [0.2, 0.25) is 0 Å². The first-order valence-electron chi connectivity index (χ1n) is 4.78. The molecule has 0 aliphatic heterocycles. The Hall–Kier alpha value is -0.860. The summed E-state index contributed by atoms with van der Waals surface area (Å²) in [4.78, 5) is 22.5. The van der Waals surface area contributed by atoms with Gasteiger partial charge in [0.25, 0.3) is 0 Å². The van der Waals surface area contributed by atoms with Crippen LogP contribution in [0.5, 0.6) is 0 Å². The average molecular weight is 184 g/mol. The molecule has 3 heteroatoms. The summed E-state index contributed by atoms with van der Waals surface area (Å²) in [6.07, 6.45) is 2.55. The monoisotopic (exact) mass is 184 g/mol. The number of carboxylic acid groups (broad SMARTS) is 1. The molecule has 1 aliphatic rings. The fraction of sp³-hybridized carbons (Fsp3) is 0.800. The minimum Gasteiger partial charge on any atom is -0.481 e. The maximum atomic E-state index is 11.5. The Morgan fingerprint density at radius 1 is 1.69 bits per heavy atom. The standard InChI is InChI=1S/C10H16O3/c1-3-7-8(11)5-4-6-10(7,2)9(12)13/h7H,3-6H2,1-2H3,(H,12,13). The van der Waals surface area contributed by atoms with Gasteiger partial charge in [-0.2, -0.15) is 0 Å². The third-order valence-corrected chi connectivity index (χ3v) is 3.17. The van der Waals surface area contributed by atoms with Crippen LogP contribution in [0.3, 0.4) is 0 Å². The molecule has 0 saturated heterocycles. The van der Waals surface area contributed by atoms with Crippen LogP contribution < -0.4 is 0 Å². The number of hydrogen-bond donors (Lipinski definition) is 1. The predicted octanol–water partition coefficient (Wildman–Crippen LogP) is 1.86. The van der Waals surface area contributed by atoms with E-state index in [1.165, 1.54) is 0 Å². The summed E-state index contributed by atoms with van der Waals surface area (Å²) in [6.45, 7) is 3.58. The minimum absolute atomic E-state index is 0.124. The Balaban J connectivity index is 2.93. The number of ketones is 1. The van der Waals surface area contributed by atoms with Crippen LogP contribution in [-0.4, -0.2) is 16.9 Å². The third kappa shape index (κ3) is 1.60. The quantitative estimate of drug-likeness (QED) is 0.712. The molecule has 0 aromatic carbocycles. The molecular formula is C10H16O3. The number of carboxylic acids is 1. The molecular weight excluding hydrogens is 168 g/mol. The fourth-order valence-corrected chi connectivity index (χ4v) is 2.27. The van der Waals surface area contributed by atoms with Gasteiger partial charge in [-0.15, -0.1) is 0 Å². The average Bonchev–Trinajstić information content (AvgIpc) is 2.04. The lowest BCUT2D eigenvalue weighted by Crippen LogP contribution is -2.42. The lowest BCUT2D eigenvalue weighted by molar-refractivity contribution is -0.158. The molecule has 0 bridgehead atoms. The van der Waals surface area contributed by atoms with Crippen molar-refractivity contribution in [2.45, 2.75) is 39.5 Å². The van der Waals surface area contributed by atoms with Gasteiger partial charge in [-0.1, -0.05) is 6.92 Å². The Morgan fingerprint density at radius 2 is 2.31 bits per heavy atom. The summed E-state index contributed by atoms with van der Waals surface area (Å²) in [5, 5.41) is 9.06. The van der Waals surface area contributed by atoms with Gasteiger partial charge in [0, 0.05) is 12.3 Å². The van der Waals surface area contributed by atoms with Crippen molar-refractivity contribution in [1.29, 1.82) is 0 Å². The van der Waals surface area contributed by atoms with Gasteiger partial charge in [-0.3, -0.25) is 9.59 Å². The molecule has 1 N–H and O–H groups in total. The van der Waals surface area contributed by atoms with Crippen LogP contribution in [0.25, 0.3) is 0 Å². The van der Waals surface area contributed by atoms with Crippen LogP contribution in [0.1, 0.15) is 39.5 Å². The van der Waals surface area contributed by atoms with Crippen molar-refractivity contribution in [2.24, 2.45) is 11.3 Å². The molecule has 1 rings (SSSR count). The number of rotatable bonds is 2. The highest BCUT2D eigenvalue weighted by Crippen LogP contribution is 2.40. The zero-order valence-electron chi connectivity index (χ0n) is 8.17. The van der Waals surface area contributed by atoms with Gasteiger partial charge >= 0.3 is 5.97 Å². The highest BCUT2D eigenvalue weighted by atomic mass is 16.4. The van der Waals surface area contributed by atoms with E-state index in [2.05, 4.69) is 0 Å². The van der Waals surface area contributed by atoms with Gasteiger partial charge in [0.1, 0.15) is 5.78 Å². The molecule has 1 saturated carbocycles. The second kappa shape index (κ2) is 3.48. The minimum atomic E-state index is -0.826. The molecule has 1 aliphatic carbocycles. The van der Waals surface area contributed by atoms with Crippen molar-refractivity contribution in [3.05, 3.63) is 0 Å². The summed E-state index contributed by atoms with van der Waals surface area (Å²) >= 11 is 0. The Morgan fingerprint density at radius 3 is 2.69 bits per heavy atom. The van der Waals surface area contributed by atoms with E-state index in [4.69, 9.17) is 5.11 Å². The van der Waals surface area contributed by atoms with Crippen molar-refractivity contribution in [2.75, 3.05) is 0 Å². The summed E-state index contributed by atoms with van der Waals surface area (Å²) in [7, 11) is 0. The molecule has 2 atom stereocenters. The summed E-state index contributed by atoms with van der Waals surface area (Å²) in [5.74, 6) is -0.982. The van der Waals surface area contributed by atoms with Crippen LogP contribution >= 0.6 is 0 Å². The van der Waals surface area contributed by atoms with Gasteiger partial charge < -0.3 is 5.11 Å². The molecule has 0 aromatic rings. The zero-order chi connectivity index (χ0) is 10.1. The SMILES string of the molecule is CCC1C(=O)CCCC1(C)C(=O)O. The fourth-order valence-electron chi connectivity index (χ4n) is 2.27. The number of aliphatic carboxylic acids is 1. The molecule has 2 unspecified atom stereocenters. The van der Waals surface area contributed by atoms with E-state index < -0.39 is 11.4 Å². The Bertz CT molecular complexity index is 234. The predicted molar refractivity (Wildman–Crippen MR) is 48.4 cm³/mol. The van der Waals surface area contributed by atoms with Crippen molar-refractivity contribution < 1.29 is 14.7 Å². The number of Topliss-reactive ketones (excluding diaryl/α,β-unsaturated/α-hetero) is 1. The maximum absolute atomic E-state index is 11.5. The normalized spacial score (nSPS) is 34.6. The van der Waals surface area contributed by atoms with Crippen LogP contribution in [0.15, 0.2) is 0 Å². The van der Waals surface area contributed by atoms with E-state index >= 15 is 0 Å². The molecule has 74 valence electrons. The Labute approximate surface area is 78.1 Å². The highest BCUT2D eigenvalue weighted by molar-refractivity contribution is 5.89. The smallest absolute Gasteiger partial charge is 0.310 e. The van der Waals surface area contributed by atoms with Gasteiger partial charge in [-0.25, -0.2) is 0 Å². The topological polar surface area (TPSA) is 54.4 Å². The molecule has 0 radical (unpaired) electrons. The van der Waals surface area contributed by atoms with Crippen molar-refractivity contribution in [3.63, 3.8) is 0 Å². The first-order valence-corrected chi connectivity index (χ1v) is 4.78. The van der Waals surface area contributed by atoms with Crippen LogP contribution in [-0.2, 0) is 9.59 Å². The molecule has 1 fully saturated rings. The number of carbonyl (C=O) groups is 2. The first kappa shape index (κ1) is 10.2. The first-order chi connectivity index (χ1) is 6.02. The second-order valence-electron chi connectivity index (χ2n) is 4.00. The van der Waals surface area contributed by atoms with E-state index in [1.54, 1.807) is 6.92 Å². The van der Waals surface area contributed by atoms with Crippen LogP contribution in [0, 0.1) is 11.3 Å². The lowest BCUT2D eigenvalue weighted by atomic mass is 9.66. The second-order valence-corrected chi connectivity index (χ2v) is 4.00. The summed E-state index contributed by atoms with van der Waals surface area (Å²) in [5.41, 5.74) is -0.815. The third-order valence-electron chi connectivity index (χ3n) is 3.17. The van der Waals surface area contributed by atoms with Crippen molar-refractivity contribution >= 4 is 11.8 Å². The van der Waals surface area contributed by atoms with E-state index in [0.29, 0.717) is 19.3 Å². The summed E-state index contributed by atoms with van der Waals surface area (Å²) in [6, 6.07) is 0. The number of carbonyl (C=O) groups excluding carboxylic acids is 1. The Kier molecular flexibility index (Phi) is 2.74. The number of hydrogen-bond acceptors (Lipinski definition) is 2. The molecule has 13 heavy (non-hydrogen) atoms. The largest absolute Gasteiger partial charge is 0.481 e. The van der Waals surface area contributed by atoms with Gasteiger partial charge in [-0.05, 0) is 26.2 Å². The van der Waals surface area contributed by atoms with E-state index in [0.717, 1.165) is 6.42 Å². The molecule has 3 nitrogen and oxygen atoms in total. The lowest BCUT2D eigenvalue weighted by Gasteiger charge is -2.36. The maximum Gasteiger partial charge on any atom is 0.310 e. The highest BCUT2D eigenvalue weighted by Gasteiger charge is 2.46. The van der Waals surface area contributed by atoms with Crippen molar-refractivity contribution in [3.8, 4) is 0 Å². The van der Waals surface area contributed by atoms with Crippen LogP contribution in [0.4, 0.5) is 0 Å². The summed E-state index contributed by atoms with van der Waals surface area (Å²) < 4.78 is 0. The van der Waals surface area contributed by atoms with E-state index in [-0.39, 0.29) is 11.7 Å². The van der Waals surface area contributed by atoms with Crippen molar-refractivity contribution in [1.82, 2.24) is 0 Å². The van der Waals surface area contributed by atoms with Gasteiger partial charge in [0.15, 0.2) is 0 Å². The zero-order valence-corrected chi connectivity index (χ0v) is 8.17. The van der Waals surface area contributed by atoms with E-state index in [1.807, 2.05) is 6.92 Å². The molecule has 0 spiro atoms. The van der Waals surface area contributed by atoms with Gasteiger partial charge in [0.05, 0.1) is 5.41 Å². The molecule has 0 heterocycles. The molecule has 0 amide bonds. The van der Waals surface area contributed by atoms with Crippen LogP contribution in [0.2, 0.25) is 0 Å².